The summed E-state index contributed by atoms with van der Waals surface area (Å²) < 4.78 is 7.46. The summed E-state index contributed by atoms with van der Waals surface area (Å²) in [7, 11) is 0. The Morgan fingerprint density at radius 2 is 1.82 bits per heavy atom. The maximum Gasteiger partial charge on any atom is 0.273 e. The van der Waals surface area contributed by atoms with Crippen molar-refractivity contribution >= 4 is 16.9 Å². The van der Waals surface area contributed by atoms with Gasteiger partial charge >= 0.3 is 0 Å². The Labute approximate surface area is 195 Å². The smallest absolute Gasteiger partial charge is 0.273 e. The predicted molar refractivity (Wildman–Crippen MR) is 132 cm³/mol. The Kier molecular flexibility index (Phi) is 7.28. The van der Waals surface area contributed by atoms with Crippen LogP contribution in [0.4, 0.5) is 0 Å². The van der Waals surface area contributed by atoms with Gasteiger partial charge in [-0.05, 0) is 70.3 Å². The van der Waals surface area contributed by atoms with Crippen molar-refractivity contribution in [1.82, 2.24) is 14.5 Å². The second-order valence-electron chi connectivity index (χ2n) is 9.29. The number of unbranched alkanes of at least 4 members (excludes halogenated alkanes) is 2. The van der Waals surface area contributed by atoms with E-state index in [9.17, 15) is 4.79 Å². The highest BCUT2D eigenvalue weighted by Crippen LogP contribution is 2.23. The van der Waals surface area contributed by atoms with Crippen molar-refractivity contribution < 1.29 is 4.42 Å². The Morgan fingerprint density at radius 1 is 1.09 bits per heavy atom. The molecule has 0 amide bonds. The van der Waals surface area contributed by atoms with E-state index < -0.39 is 0 Å². The summed E-state index contributed by atoms with van der Waals surface area (Å²) in [6.45, 7) is 6.50. The molecule has 7 nitrogen and oxygen atoms in total. The van der Waals surface area contributed by atoms with E-state index in [1.807, 2.05) is 28.8 Å². The molecule has 1 aliphatic rings. The van der Waals surface area contributed by atoms with Gasteiger partial charge in [-0.3, -0.25) is 15.1 Å². The normalized spacial score (nSPS) is 19.2. The van der Waals surface area contributed by atoms with E-state index in [4.69, 9.17) is 15.6 Å². The summed E-state index contributed by atoms with van der Waals surface area (Å²) in [5.74, 6) is 0.762. The molecule has 7 heteroatoms. The van der Waals surface area contributed by atoms with E-state index in [0.717, 1.165) is 36.8 Å². The molecule has 0 spiro atoms. The number of hydrogen-bond donors (Lipinski definition) is 2. The monoisotopic (exact) mass is 449 g/mol. The van der Waals surface area contributed by atoms with Crippen LogP contribution in [0.5, 0.6) is 0 Å². The Balaban J connectivity index is 1.45. The number of rotatable bonds is 9. The summed E-state index contributed by atoms with van der Waals surface area (Å²) >= 11 is 0. The number of benzene rings is 1. The van der Waals surface area contributed by atoms with Crippen molar-refractivity contribution in [2.75, 3.05) is 6.54 Å². The third-order valence-electron chi connectivity index (χ3n) is 6.86. The third-order valence-corrected chi connectivity index (χ3v) is 6.86. The van der Waals surface area contributed by atoms with Crippen molar-refractivity contribution in [3.63, 3.8) is 0 Å². The highest BCUT2D eigenvalue weighted by Gasteiger charge is 2.23. The van der Waals surface area contributed by atoms with Gasteiger partial charge in [0.2, 0.25) is 0 Å². The Morgan fingerprint density at radius 3 is 2.55 bits per heavy atom. The van der Waals surface area contributed by atoms with Crippen LogP contribution in [0.2, 0.25) is 0 Å². The first kappa shape index (κ1) is 23.2. The van der Waals surface area contributed by atoms with Gasteiger partial charge in [0.15, 0.2) is 11.6 Å². The summed E-state index contributed by atoms with van der Waals surface area (Å²) in [6, 6.07) is 12.5. The highest BCUT2D eigenvalue weighted by molar-refractivity contribution is 5.92. The minimum Gasteiger partial charge on any atom is -0.457 e. The zero-order valence-electron chi connectivity index (χ0n) is 19.7. The molecular weight excluding hydrogens is 414 g/mol. The van der Waals surface area contributed by atoms with Crippen LogP contribution in [-0.2, 0) is 13.0 Å². The number of amidine groups is 1. The second kappa shape index (κ2) is 10.3. The minimum absolute atomic E-state index is 0.0762. The number of furan rings is 1. The number of piperidine rings is 1. The van der Waals surface area contributed by atoms with E-state index in [2.05, 4.69) is 23.7 Å². The number of aromatic nitrogens is 2. The quantitative estimate of drug-likeness (QED) is 0.288. The lowest BCUT2D eigenvalue weighted by Gasteiger charge is -2.39. The van der Waals surface area contributed by atoms with Crippen LogP contribution in [0.15, 0.2) is 45.6 Å². The molecule has 1 aliphatic heterocycles. The lowest BCUT2D eigenvalue weighted by molar-refractivity contribution is 0.101. The zero-order chi connectivity index (χ0) is 23.4. The van der Waals surface area contributed by atoms with Crippen molar-refractivity contribution in [2.45, 2.75) is 77.4 Å². The Hall–Kier alpha value is -2.93. The number of fused-ring (bicyclic) bond motifs is 1. The lowest BCUT2D eigenvalue weighted by Crippen LogP contribution is -2.44. The fourth-order valence-electron chi connectivity index (χ4n) is 5.02. The molecule has 1 fully saturated rings. The van der Waals surface area contributed by atoms with Crippen LogP contribution in [0.3, 0.4) is 0 Å². The number of nitrogen functional groups attached to an aromatic ring is 1. The van der Waals surface area contributed by atoms with Crippen molar-refractivity contribution in [3.8, 4) is 0 Å². The van der Waals surface area contributed by atoms with Crippen molar-refractivity contribution in [2.24, 2.45) is 5.73 Å². The van der Waals surface area contributed by atoms with Crippen LogP contribution in [0.25, 0.3) is 11.0 Å². The molecule has 176 valence electrons. The number of para-hydroxylation sites is 2. The molecule has 0 unspecified atom stereocenters. The third kappa shape index (κ3) is 5.36. The lowest BCUT2D eigenvalue weighted by atomic mass is 9.97. The molecule has 4 rings (SSSR count). The summed E-state index contributed by atoms with van der Waals surface area (Å²) in [6.07, 6.45) is 7.42. The van der Waals surface area contributed by atoms with Gasteiger partial charge in [0.1, 0.15) is 11.5 Å². The van der Waals surface area contributed by atoms with Crippen LogP contribution < -0.4 is 11.3 Å². The van der Waals surface area contributed by atoms with Gasteiger partial charge in [-0.15, -0.1) is 0 Å². The van der Waals surface area contributed by atoms with E-state index in [1.54, 1.807) is 12.1 Å². The molecule has 1 aromatic carbocycles. The molecule has 0 saturated carbocycles. The maximum atomic E-state index is 13.3. The fraction of sp³-hybridized carbons (Fsp3) is 0.500. The van der Waals surface area contributed by atoms with Gasteiger partial charge in [0, 0.05) is 18.6 Å². The van der Waals surface area contributed by atoms with Gasteiger partial charge in [-0.2, -0.15) is 0 Å². The number of nitrogens with one attached hydrogen (secondary N) is 1. The maximum absolute atomic E-state index is 13.3. The molecule has 3 N–H and O–H groups in total. The van der Waals surface area contributed by atoms with E-state index in [-0.39, 0.29) is 17.8 Å². The first-order valence-electron chi connectivity index (χ1n) is 12.1. The molecule has 0 radical (unpaired) electrons. The van der Waals surface area contributed by atoms with Gasteiger partial charge in [0.25, 0.3) is 5.56 Å². The van der Waals surface area contributed by atoms with E-state index in [1.165, 1.54) is 19.3 Å². The van der Waals surface area contributed by atoms with E-state index >= 15 is 0 Å². The first-order chi connectivity index (χ1) is 15.9. The summed E-state index contributed by atoms with van der Waals surface area (Å²) in [4.78, 5) is 20.6. The van der Waals surface area contributed by atoms with Crippen molar-refractivity contribution in [3.05, 3.63) is 64.0 Å². The standard InChI is InChI=1S/C26H35N5O2/c1-18-9-8-10-19(2)30(18)15-6-3-7-16-31-23-12-5-4-11-21(23)29-22(26(31)32)17-20-13-14-24(33-20)25(27)28/h4-5,11-14,18-19H,3,6-10,15-17H2,1-2H3,(H3,27,28)/t18-,19+. The average Bonchev–Trinajstić information content (AvgIpc) is 3.26. The van der Waals surface area contributed by atoms with Crippen LogP contribution >= 0.6 is 0 Å². The molecule has 1 saturated heterocycles. The number of hydrogen-bond acceptors (Lipinski definition) is 5. The molecular formula is C26H35N5O2. The van der Waals surface area contributed by atoms with Crippen molar-refractivity contribution in [1.29, 1.82) is 5.41 Å². The van der Waals surface area contributed by atoms with Crippen LogP contribution in [0, 0.1) is 5.41 Å². The topological polar surface area (TPSA) is 101 Å². The molecule has 0 aliphatic carbocycles. The molecule has 2 aromatic heterocycles. The summed E-state index contributed by atoms with van der Waals surface area (Å²) in [5.41, 5.74) is 7.55. The molecule has 33 heavy (non-hydrogen) atoms. The van der Waals surface area contributed by atoms with Gasteiger partial charge in [-0.25, -0.2) is 4.98 Å². The largest absolute Gasteiger partial charge is 0.457 e. The number of nitrogens with two attached hydrogens (primary N) is 1. The fourth-order valence-corrected chi connectivity index (χ4v) is 5.02. The highest BCUT2D eigenvalue weighted by atomic mass is 16.3. The van der Waals surface area contributed by atoms with E-state index in [0.29, 0.717) is 35.8 Å². The SMILES string of the molecule is C[C@@H]1CCC[C@H](C)N1CCCCCn1c(=O)c(Cc2ccc(C(=N)N)o2)nc2ccccc21. The zero-order valence-corrected chi connectivity index (χ0v) is 19.7. The number of likely N-dealkylation sites (tertiary alicyclic amines) is 1. The van der Waals surface area contributed by atoms with Gasteiger partial charge in [0.05, 0.1) is 17.5 Å². The molecule has 3 aromatic rings. The van der Waals surface area contributed by atoms with Gasteiger partial charge < -0.3 is 14.7 Å². The second-order valence-corrected chi connectivity index (χ2v) is 9.29. The first-order valence-corrected chi connectivity index (χ1v) is 12.1. The molecule has 3 heterocycles. The molecule has 2 atom stereocenters. The van der Waals surface area contributed by atoms with Gasteiger partial charge in [-0.1, -0.05) is 25.0 Å². The van der Waals surface area contributed by atoms with Crippen LogP contribution in [0.1, 0.15) is 69.6 Å². The number of nitrogens with zero attached hydrogens (tertiary/aromatic N) is 3. The summed E-state index contributed by atoms with van der Waals surface area (Å²) in [5, 5.41) is 7.51. The number of aryl methyl sites for hydroxylation is 1. The average molecular weight is 450 g/mol. The predicted octanol–water partition coefficient (Wildman–Crippen LogP) is 4.30. The molecule has 0 bridgehead atoms. The van der Waals surface area contributed by atoms with Crippen LogP contribution in [-0.4, -0.2) is 38.9 Å². The minimum atomic E-state index is -0.126. The Bertz CT molecular complexity index is 1150.